The SMILES string of the molecule is CCC1(C)NC(c2cccs2)N(C(C)C2CCCO2)C1=O. The van der Waals surface area contributed by atoms with E-state index >= 15 is 0 Å². The molecule has 0 bridgehead atoms. The number of ether oxygens (including phenoxy) is 1. The quantitative estimate of drug-likeness (QED) is 0.930. The number of hydrogen-bond donors (Lipinski definition) is 1. The van der Waals surface area contributed by atoms with Crippen LogP contribution in [0, 0.1) is 0 Å². The molecule has 2 fully saturated rings. The highest BCUT2D eigenvalue weighted by Crippen LogP contribution is 2.37. The van der Waals surface area contributed by atoms with E-state index in [2.05, 4.69) is 30.6 Å². The first-order valence-electron chi connectivity index (χ1n) is 7.82. The van der Waals surface area contributed by atoms with Gasteiger partial charge in [0.1, 0.15) is 6.17 Å². The van der Waals surface area contributed by atoms with E-state index in [0.29, 0.717) is 0 Å². The van der Waals surface area contributed by atoms with Gasteiger partial charge >= 0.3 is 0 Å². The number of carbonyl (C=O) groups is 1. The molecule has 0 aliphatic carbocycles. The molecule has 4 unspecified atom stereocenters. The minimum atomic E-state index is -0.471. The molecule has 0 aromatic carbocycles. The second-order valence-corrected chi connectivity index (χ2v) is 7.23. The molecule has 2 aliphatic rings. The van der Waals surface area contributed by atoms with Gasteiger partial charge in [0.25, 0.3) is 0 Å². The van der Waals surface area contributed by atoms with Gasteiger partial charge < -0.3 is 9.64 Å². The maximum atomic E-state index is 13.0. The van der Waals surface area contributed by atoms with Crippen LogP contribution in [-0.4, -0.2) is 35.1 Å². The number of carbonyl (C=O) groups excluding carboxylic acids is 1. The third-order valence-electron chi connectivity index (χ3n) is 4.90. The van der Waals surface area contributed by atoms with E-state index in [-0.39, 0.29) is 24.2 Å². The summed E-state index contributed by atoms with van der Waals surface area (Å²) in [7, 11) is 0. The summed E-state index contributed by atoms with van der Waals surface area (Å²) in [5.41, 5.74) is -0.471. The van der Waals surface area contributed by atoms with E-state index in [1.165, 1.54) is 4.88 Å². The molecule has 0 radical (unpaired) electrons. The fourth-order valence-corrected chi connectivity index (χ4v) is 4.10. The molecule has 21 heavy (non-hydrogen) atoms. The van der Waals surface area contributed by atoms with E-state index in [1.54, 1.807) is 11.3 Å². The fourth-order valence-electron chi connectivity index (χ4n) is 3.33. The lowest BCUT2D eigenvalue weighted by atomic mass is 9.98. The molecule has 4 nitrogen and oxygen atoms in total. The molecule has 1 amide bonds. The van der Waals surface area contributed by atoms with Crippen LogP contribution in [0.25, 0.3) is 0 Å². The van der Waals surface area contributed by atoms with Crippen LogP contribution in [0.1, 0.15) is 51.1 Å². The lowest BCUT2D eigenvalue weighted by Gasteiger charge is -2.33. The Kier molecular flexibility index (Phi) is 4.08. The van der Waals surface area contributed by atoms with Crippen molar-refractivity contribution in [1.82, 2.24) is 10.2 Å². The molecule has 3 rings (SSSR count). The Hall–Kier alpha value is -0.910. The van der Waals surface area contributed by atoms with E-state index < -0.39 is 5.54 Å². The molecule has 1 aromatic rings. The van der Waals surface area contributed by atoms with Crippen LogP contribution in [0.2, 0.25) is 0 Å². The number of nitrogens with zero attached hydrogens (tertiary/aromatic N) is 1. The molecule has 5 heteroatoms. The highest BCUT2D eigenvalue weighted by Gasteiger charge is 2.50. The Bertz CT molecular complexity index is 498. The van der Waals surface area contributed by atoms with Crippen molar-refractivity contribution in [2.75, 3.05) is 6.61 Å². The molecular formula is C16H24N2O2S. The Morgan fingerprint density at radius 2 is 2.43 bits per heavy atom. The first-order valence-corrected chi connectivity index (χ1v) is 8.70. The Balaban J connectivity index is 1.91. The third kappa shape index (κ3) is 2.51. The van der Waals surface area contributed by atoms with Crippen molar-refractivity contribution in [1.29, 1.82) is 0 Å². The van der Waals surface area contributed by atoms with E-state index in [1.807, 2.05) is 17.9 Å². The smallest absolute Gasteiger partial charge is 0.244 e. The standard InChI is InChI=1S/C16H24N2O2S/c1-4-16(3)15(19)18(11(2)12-7-5-9-20-12)14(17-16)13-8-6-10-21-13/h6,8,10-12,14,17H,4-5,7,9H2,1-3H3. The molecule has 0 saturated carbocycles. The van der Waals surface area contributed by atoms with Crippen LogP contribution in [0.5, 0.6) is 0 Å². The third-order valence-corrected chi connectivity index (χ3v) is 5.83. The highest BCUT2D eigenvalue weighted by molar-refractivity contribution is 7.10. The summed E-state index contributed by atoms with van der Waals surface area (Å²) in [6.45, 7) is 7.02. The minimum absolute atomic E-state index is 0.0263. The number of amides is 1. The summed E-state index contributed by atoms with van der Waals surface area (Å²) in [5.74, 6) is 0.200. The van der Waals surface area contributed by atoms with Gasteiger partial charge in [0.05, 0.1) is 17.7 Å². The zero-order chi connectivity index (χ0) is 15.0. The summed E-state index contributed by atoms with van der Waals surface area (Å²) in [5, 5.41) is 5.62. The van der Waals surface area contributed by atoms with Gasteiger partial charge in [-0.3, -0.25) is 10.1 Å². The van der Waals surface area contributed by atoms with Crippen molar-refractivity contribution in [2.45, 2.75) is 63.9 Å². The molecule has 1 N–H and O–H groups in total. The molecule has 3 heterocycles. The van der Waals surface area contributed by atoms with Gasteiger partial charge in [-0.15, -0.1) is 11.3 Å². The van der Waals surface area contributed by atoms with Crippen molar-refractivity contribution in [3.63, 3.8) is 0 Å². The normalized spacial score (nSPS) is 34.6. The molecule has 0 spiro atoms. The summed E-state index contributed by atoms with van der Waals surface area (Å²) < 4.78 is 5.82. The van der Waals surface area contributed by atoms with Gasteiger partial charge in [-0.25, -0.2) is 0 Å². The summed E-state index contributed by atoms with van der Waals surface area (Å²) in [6.07, 6.45) is 3.08. The van der Waals surface area contributed by atoms with Crippen molar-refractivity contribution < 1.29 is 9.53 Å². The number of thiophene rings is 1. The zero-order valence-electron chi connectivity index (χ0n) is 13.0. The number of hydrogen-bond acceptors (Lipinski definition) is 4. The van der Waals surface area contributed by atoms with Gasteiger partial charge in [0.2, 0.25) is 5.91 Å². The van der Waals surface area contributed by atoms with E-state index in [0.717, 1.165) is 25.9 Å². The Morgan fingerprint density at radius 3 is 3.00 bits per heavy atom. The largest absolute Gasteiger partial charge is 0.376 e. The molecule has 2 saturated heterocycles. The average molecular weight is 308 g/mol. The van der Waals surface area contributed by atoms with Crippen molar-refractivity contribution in [2.24, 2.45) is 0 Å². The predicted octanol–water partition coefficient (Wildman–Crippen LogP) is 2.91. The van der Waals surface area contributed by atoms with Crippen LogP contribution < -0.4 is 5.32 Å². The molecule has 1 aromatic heterocycles. The highest BCUT2D eigenvalue weighted by atomic mass is 32.1. The molecule has 2 aliphatic heterocycles. The monoisotopic (exact) mass is 308 g/mol. The predicted molar refractivity (Wildman–Crippen MR) is 84.2 cm³/mol. The van der Waals surface area contributed by atoms with Crippen LogP contribution in [0.4, 0.5) is 0 Å². The second-order valence-electron chi connectivity index (χ2n) is 6.25. The molecular weight excluding hydrogens is 284 g/mol. The second kappa shape index (κ2) is 5.71. The lowest BCUT2D eigenvalue weighted by Crippen LogP contribution is -2.47. The van der Waals surface area contributed by atoms with E-state index in [4.69, 9.17) is 4.74 Å². The van der Waals surface area contributed by atoms with Crippen LogP contribution in [-0.2, 0) is 9.53 Å². The zero-order valence-corrected chi connectivity index (χ0v) is 13.8. The van der Waals surface area contributed by atoms with E-state index in [9.17, 15) is 4.79 Å². The molecule has 116 valence electrons. The summed E-state index contributed by atoms with van der Waals surface area (Å²) in [6, 6.07) is 4.25. The lowest BCUT2D eigenvalue weighted by molar-refractivity contribution is -0.137. The van der Waals surface area contributed by atoms with Crippen molar-refractivity contribution >= 4 is 17.2 Å². The van der Waals surface area contributed by atoms with Crippen molar-refractivity contribution in [3.8, 4) is 0 Å². The fraction of sp³-hybridized carbons (Fsp3) is 0.688. The Morgan fingerprint density at radius 1 is 1.62 bits per heavy atom. The first-order chi connectivity index (χ1) is 10.1. The average Bonchev–Trinajstić information content (AvgIpc) is 3.20. The minimum Gasteiger partial charge on any atom is -0.376 e. The first kappa shape index (κ1) is 15.0. The van der Waals surface area contributed by atoms with Crippen LogP contribution in [0.15, 0.2) is 17.5 Å². The van der Waals surface area contributed by atoms with Gasteiger partial charge in [0, 0.05) is 11.5 Å². The Labute approximate surface area is 130 Å². The topological polar surface area (TPSA) is 41.6 Å². The van der Waals surface area contributed by atoms with Gasteiger partial charge in [-0.1, -0.05) is 13.0 Å². The maximum absolute atomic E-state index is 13.0. The van der Waals surface area contributed by atoms with Crippen molar-refractivity contribution in [3.05, 3.63) is 22.4 Å². The summed E-state index contributed by atoms with van der Waals surface area (Å²) >= 11 is 1.70. The molecule has 4 atom stereocenters. The van der Waals surface area contributed by atoms with Gasteiger partial charge in [-0.05, 0) is 44.6 Å². The number of rotatable bonds is 4. The number of nitrogens with one attached hydrogen (secondary N) is 1. The van der Waals surface area contributed by atoms with Gasteiger partial charge in [0.15, 0.2) is 0 Å². The van der Waals surface area contributed by atoms with Crippen LogP contribution in [0.3, 0.4) is 0 Å². The summed E-state index contributed by atoms with van der Waals surface area (Å²) in [4.78, 5) is 16.2. The van der Waals surface area contributed by atoms with Crippen LogP contribution >= 0.6 is 11.3 Å². The maximum Gasteiger partial charge on any atom is 0.244 e. The van der Waals surface area contributed by atoms with Gasteiger partial charge in [-0.2, -0.15) is 0 Å².